The van der Waals surface area contributed by atoms with E-state index in [2.05, 4.69) is 4.90 Å². The van der Waals surface area contributed by atoms with Gasteiger partial charge >= 0.3 is 12.1 Å². The van der Waals surface area contributed by atoms with Gasteiger partial charge in [-0.1, -0.05) is 60.1 Å². The van der Waals surface area contributed by atoms with E-state index in [9.17, 15) is 18.0 Å². The molecule has 0 amide bonds. The van der Waals surface area contributed by atoms with Gasteiger partial charge in [0, 0.05) is 19.6 Å². The number of esters is 1. The zero-order valence-corrected chi connectivity index (χ0v) is 20.4. The molecule has 0 unspecified atom stereocenters. The number of carbonyl (C=O) groups is 1. The fourth-order valence-corrected chi connectivity index (χ4v) is 4.50. The van der Waals surface area contributed by atoms with Crippen molar-refractivity contribution in [2.45, 2.75) is 38.6 Å². The van der Waals surface area contributed by atoms with Crippen LogP contribution in [-0.4, -0.2) is 30.6 Å². The number of rotatable bonds is 10. The van der Waals surface area contributed by atoms with E-state index in [0.29, 0.717) is 44.0 Å². The summed E-state index contributed by atoms with van der Waals surface area (Å²) in [4.78, 5) is 13.6. The standard InChI is InChI=1S/C28H27ClF3NO3/c29-27-21(8-4-9-25(27)28(30,31)32)18-33(14-12-20-6-2-1-3-7-20)13-5-15-35-24-11-10-22-19-36-26(34)17-23(22)16-24/h1-4,6-11,16H,5,12-15,17-19H2. The van der Waals surface area contributed by atoms with E-state index in [4.69, 9.17) is 21.1 Å². The molecule has 190 valence electrons. The Morgan fingerprint density at radius 2 is 1.78 bits per heavy atom. The molecule has 0 saturated heterocycles. The molecule has 1 aliphatic heterocycles. The Morgan fingerprint density at radius 1 is 0.972 bits per heavy atom. The minimum absolute atomic E-state index is 0.234. The molecule has 0 bridgehead atoms. The fraction of sp³-hybridized carbons (Fsp3) is 0.321. The molecule has 1 aliphatic rings. The van der Waals surface area contributed by atoms with E-state index >= 15 is 0 Å². The summed E-state index contributed by atoms with van der Waals surface area (Å²) in [6.07, 6.45) is -2.83. The molecule has 0 radical (unpaired) electrons. The molecule has 0 fully saturated rings. The van der Waals surface area contributed by atoms with Crippen molar-refractivity contribution in [2.24, 2.45) is 0 Å². The van der Waals surface area contributed by atoms with Gasteiger partial charge in [0.1, 0.15) is 12.4 Å². The summed E-state index contributed by atoms with van der Waals surface area (Å²) in [5.41, 5.74) is 2.67. The highest BCUT2D eigenvalue weighted by Crippen LogP contribution is 2.36. The highest BCUT2D eigenvalue weighted by molar-refractivity contribution is 6.32. The molecule has 0 aromatic heterocycles. The number of hydrogen-bond acceptors (Lipinski definition) is 4. The predicted molar refractivity (Wildman–Crippen MR) is 132 cm³/mol. The van der Waals surface area contributed by atoms with Crippen molar-refractivity contribution in [2.75, 3.05) is 19.7 Å². The van der Waals surface area contributed by atoms with Crippen molar-refractivity contribution < 1.29 is 27.4 Å². The number of ether oxygens (including phenoxy) is 2. The largest absolute Gasteiger partial charge is 0.494 e. The summed E-state index contributed by atoms with van der Waals surface area (Å²) in [5, 5.41) is -0.251. The maximum Gasteiger partial charge on any atom is 0.417 e. The van der Waals surface area contributed by atoms with E-state index < -0.39 is 11.7 Å². The predicted octanol–water partition coefficient (Wildman–Crippen LogP) is 6.47. The number of benzene rings is 3. The third-order valence-corrected chi connectivity index (χ3v) is 6.57. The molecule has 3 aromatic rings. The number of alkyl halides is 3. The van der Waals surface area contributed by atoms with E-state index in [1.165, 1.54) is 6.07 Å². The Balaban J connectivity index is 1.38. The van der Waals surface area contributed by atoms with Gasteiger partial charge in [-0.15, -0.1) is 0 Å². The lowest BCUT2D eigenvalue weighted by atomic mass is 10.0. The molecule has 4 nitrogen and oxygen atoms in total. The molecule has 0 saturated carbocycles. The molecular formula is C28H27ClF3NO3. The number of hydrogen-bond donors (Lipinski definition) is 0. The van der Waals surface area contributed by atoms with E-state index in [1.807, 2.05) is 48.5 Å². The molecule has 0 N–H and O–H groups in total. The van der Waals surface area contributed by atoms with Crippen molar-refractivity contribution in [1.29, 1.82) is 0 Å². The minimum Gasteiger partial charge on any atom is -0.494 e. The van der Waals surface area contributed by atoms with Gasteiger partial charge in [-0.2, -0.15) is 13.2 Å². The van der Waals surface area contributed by atoms with Gasteiger partial charge in [0.2, 0.25) is 0 Å². The highest BCUT2D eigenvalue weighted by atomic mass is 35.5. The SMILES string of the molecule is O=C1Cc2cc(OCCCN(CCc3ccccc3)Cc3cccc(C(F)(F)F)c3Cl)ccc2CO1. The van der Waals surface area contributed by atoms with Crippen LogP contribution in [0.2, 0.25) is 5.02 Å². The lowest BCUT2D eigenvalue weighted by molar-refractivity contribution is -0.145. The summed E-state index contributed by atoms with van der Waals surface area (Å²) in [5.74, 6) is 0.433. The van der Waals surface area contributed by atoms with Crippen LogP contribution in [0, 0.1) is 0 Å². The first-order valence-electron chi connectivity index (χ1n) is 11.8. The Labute approximate surface area is 213 Å². The number of cyclic esters (lactones) is 1. The first kappa shape index (κ1) is 26.0. The molecular weight excluding hydrogens is 491 g/mol. The fourth-order valence-electron chi connectivity index (χ4n) is 4.20. The van der Waals surface area contributed by atoms with Crippen LogP contribution in [0.4, 0.5) is 13.2 Å². The Hall–Kier alpha value is -3.03. The zero-order chi connectivity index (χ0) is 25.5. The summed E-state index contributed by atoms with van der Waals surface area (Å²) in [7, 11) is 0. The van der Waals surface area contributed by atoms with Crippen molar-refractivity contribution in [3.05, 3.63) is 99.6 Å². The Morgan fingerprint density at radius 3 is 2.56 bits per heavy atom. The lowest BCUT2D eigenvalue weighted by Gasteiger charge is -2.24. The molecule has 3 aromatic carbocycles. The molecule has 1 heterocycles. The molecule has 0 spiro atoms. The quantitative estimate of drug-likeness (QED) is 0.228. The molecule has 0 aliphatic carbocycles. The van der Waals surface area contributed by atoms with Crippen LogP contribution in [0.5, 0.6) is 5.75 Å². The molecule has 0 atom stereocenters. The topological polar surface area (TPSA) is 38.8 Å². The van der Waals surface area contributed by atoms with E-state index in [0.717, 1.165) is 29.2 Å². The van der Waals surface area contributed by atoms with Gasteiger partial charge in [-0.05, 0) is 53.3 Å². The highest BCUT2D eigenvalue weighted by Gasteiger charge is 2.34. The van der Waals surface area contributed by atoms with Crippen LogP contribution in [-0.2, 0) is 41.7 Å². The average Bonchev–Trinajstić information content (AvgIpc) is 2.85. The first-order valence-corrected chi connectivity index (χ1v) is 12.2. The van der Waals surface area contributed by atoms with Gasteiger partial charge in [-0.25, -0.2) is 0 Å². The summed E-state index contributed by atoms with van der Waals surface area (Å²) in [6.45, 7) is 2.30. The third-order valence-electron chi connectivity index (χ3n) is 6.13. The van der Waals surface area contributed by atoms with Crippen molar-refractivity contribution in [3.8, 4) is 5.75 Å². The molecule has 8 heteroatoms. The van der Waals surface area contributed by atoms with E-state index in [-0.39, 0.29) is 24.0 Å². The second kappa shape index (κ2) is 11.8. The maximum absolute atomic E-state index is 13.3. The summed E-state index contributed by atoms with van der Waals surface area (Å²) >= 11 is 6.16. The van der Waals surface area contributed by atoms with Crippen LogP contribution in [0.3, 0.4) is 0 Å². The van der Waals surface area contributed by atoms with Gasteiger partial charge in [0.05, 0.1) is 23.6 Å². The number of carbonyl (C=O) groups excluding carboxylic acids is 1. The third kappa shape index (κ3) is 7.02. The zero-order valence-electron chi connectivity index (χ0n) is 19.7. The van der Waals surface area contributed by atoms with Gasteiger partial charge in [0.25, 0.3) is 0 Å². The van der Waals surface area contributed by atoms with Gasteiger partial charge in [-0.3, -0.25) is 9.69 Å². The monoisotopic (exact) mass is 517 g/mol. The van der Waals surface area contributed by atoms with Gasteiger partial charge < -0.3 is 9.47 Å². The second-order valence-electron chi connectivity index (χ2n) is 8.76. The number of fused-ring (bicyclic) bond motifs is 1. The van der Waals surface area contributed by atoms with Gasteiger partial charge in [0.15, 0.2) is 0 Å². The second-order valence-corrected chi connectivity index (χ2v) is 9.14. The van der Waals surface area contributed by atoms with Crippen molar-refractivity contribution >= 4 is 17.6 Å². The number of halogens is 4. The van der Waals surface area contributed by atoms with Crippen LogP contribution in [0.15, 0.2) is 66.7 Å². The van der Waals surface area contributed by atoms with Crippen LogP contribution in [0.25, 0.3) is 0 Å². The molecule has 4 rings (SSSR count). The van der Waals surface area contributed by atoms with Crippen LogP contribution < -0.4 is 4.74 Å². The Kier molecular flexibility index (Phi) is 8.54. The first-order chi connectivity index (χ1) is 17.3. The normalized spacial score (nSPS) is 13.4. The van der Waals surface area contributed by atoms with E-state index in [1.54, 1.807) is 6.07 Å². The number of nitrogens with zero attached hydrogens (tertiary/aromatic N) is 1. The van der Waals surface area contributed by atoms with Crippen molar-refractivity contribution in [3.63, 3.8) is 0 Å². The lowest BCUT2D eigenvalue weighted by Crippen LogP contribution is -2.28. The molecule has 36 heavy (non-hydrogen) atoms. The minimum atomic E-state index is -4.50. The average molecular weight is 518 g/mol. The maximum atomic E-state index is 13.3. The summed E-state index contributed by atoms with van der Waals surface area (Å²) in [6, 6.07) is 19.6. The van der Waals surface area contributed by atoms with Crippen molar-refractivity contribution in [1.82, 2.24) is 4.90 Å². The van der Waals surface area contributed by atoms with Crippen LogP contribution >= 0.6 is 11.6 Å². The smallest absolute Gasteiger partial charge is 0.417 e. The Bertz CT molecular complexity index is 1180. The van der Waals surface area contributed by atoms with Crippen LogP contribution in [0.1, 0.15) is 34.2 Å². The summed E-state index contributed by atoms with van der Waals surface area (Å²) < 4.78 is 51.0.